The predicted octanol–water partition coefficient (Wildman–Crippen LogP) is 3.93. The number of carbonyl (C=O) groups is 1. The molecule has 2 aromatic carbocycles. The number of nitrogens with one attached hydrogen (secondary N) is 2. The molecule has 122 valence electrons. The molecular weight excluding hydrogens is 366 g/mol. The van der Waals surface area contributed by atoms with Crippen molar-refractivity contribution in [2.75, 3.05) is 11.9 Å². The first-order valence-corrected chi connectivity index (χ1v) is 8.72. The lowest BCUT2D eigenvalue weighted by Gasteiger charge is -2.43. The SMILES string of the molecule is N#Cc1ccc(NCC(=O)NC2(c3ccc(Br)cc3)CCC2)cc1. The van der Waals surface area contributed by atoms with Crippen LogP contribution in [0.15, 0.2) is 53.0 Å². The van der Waals surface area contributed by atoms with Crippen molar-refractivity contribution >= 4 is 27.5 Å². The number of carbonyl (C=O) groups excluding carboxylic acids is 1. The number of benzene rings is 2. The Bertz CT molecular complexity index is 759. The summed E-state index contributed by atoms with van der Waals surface area (Å²) < 4.78 is 1.04. The Balaban J connectivity index is 1.60. The van der Waals surface area contributed by atoms with Crippen molar-refractivity contribution < 1.29 is 4.79 Å². The van der Waals surface area contributed by atoms with Crippen LogP contribution in [0.2, 0.25) is 0 Å². The molecule has 4 nitrogen and oxygen atoms in total. The van der Waals surface area contributed by atoms with Crippen LogP contribution in [0.1, 0.15) is 30.4 Å². The lowest BCUT2D eigenvalue weighted by atomic mass is 9.72. The van der Waals surface area contributed by atoms with Crippen LogP contribution in [0, 0.1) is 11.3 Å². The second kappa shape index (κ2) is 7.06. The Morgan fingerprint density at radius 1 is 1.12 bits per heavy atom. The summed E-state index contributed by atoms with van der Waals surface area (Å²) in [4.78, 5) is 12.4. The van der Waals surface area contributed by atoms with Gasteiger partial charge in [-0.1, -0.05) is 28.1 Å². The highest BCUT2D eigenvalue weighted by Gasteiger charge is 2.39. The highest BCUT2D eigenvalue weighted by molar-refractivity contribution is 9.10. The number of rotatable bonds is 5. The molecule has 2 N–H and O–H groups in total. The van der Waals surface area contributed by atoms with Crippen molar-refractivity contribution in [1.82, 2.24) is 5.32 Å². The minimum Gasteiger partial charge on any atom is -0.376 e. The molecule has 5 heteroatoms. The molecule has 0 radical (unpaired) electrons. The van der Waals surface area contributed by atoms with Crippen LogP contribution in [-0.4, -0.2) is 12.5 Å². The quantitative estimate of drug-likeness (QED) is 0.821. The van der Waals surface area contributed by atoms with Gasteiger partial charge in [0.1, 0.15) is 0 Å². The third kappa shape index (κ3) is 3.60. The molecule has 0 heterocycles. The molecule has 0 saturated heterocycles. The van der Waals surface area contributed by atoms with Crippen LogP contribution < -0.4 is 10.6 Å². The Labute approximate surface area is 150 Å². The minimum atomic E-state index is -0.232. The van der Waals surface area contributed by atoms with Gasteiger partial charge in [0.15, 0.2) is 0 Å². The van der Waals surface area contributed by atoms with Gasteiger partial charge in [0.25, 0.3) is 0 Å². The van der Waals surface area contributed by atoms with Gasteiger partial charge in [-0.3, -0.25) is 4.79 Å². The normalized spacial score (nSPS) is 15.0. The molecule has 3 rings (SSSR count). The van der Waals surface area contributed by atoms with Gasteiger partial charge in [0.05, 0.1) is 23.7 Å². The van der Waals surface area contributed by atoms with E-state index < -0.39 is 0 Å². The maximum atomic E-state index is 12.4. The van der Waals surface area contributed by atoms with E-state index in [0.29, 0.717) is 5.56 Å². The average Bonchev–Trinajstić information content (AvgIpc) is 2.57. The molecule has 2 aromatic rings. The van der Waals surface area contributed by atoms with E-state index in [1.807, 2.05) is 12.1 Å². The van der Waals surface area contributed by atoms with Crippen molar-refractivity contribution in [3.05, 3.63) is 64.1 Å². The second-order valence-corrected chi connectivity index (χ2v) is 6.95. The third-order valence-corrected chi connectivity index (χ3v) is 4.98. The van der Waals surface area contributed by atoms with E-state index >= 15 is 0 Å². The van der Waals surface area contributed by atoms with Crippen molar-refractivity contribution in [2.24, 2.45) is 0 Å². The fourth-order valence-corrected chi connectivity index (χ4v) is 3.21. The summed E-state index contributed by atoms with van der Waals surface area (Å²) in [6, 6.07) is 17.3. The molecule has 1 aliphatic carbocycles. The molecule has 0 unspecified atom stereocenters. The minimum absolute atomic E-state index is 0.0259. The lowest BCUT2D eigenvalue weighted by Crippen LogP contribution is -2.52. The highest BCUT2D eigenvalue weighted by atomic mass is 79.9. The Morgan fingerprint density at radius 3 is 2.33 bits per heavy atom. The number of amides is 1. The molecule has 0 bridgehead atoms. The molecule has 1 amide bonds. The summed E-state index contributed by atoms with van der Waals surface area (Å²) in [5.41, 5.74) is 2.36. The zero-order chi connectivity index (χ0) is 17.0. The summed E-state index contributed by atoms with van der Waals surface area (Å²) >= 11 is 3.45. The first kappa shape index (κ1) is 16.5. The highest BCUT2D eigenvalue weighted by Crippen LogP contribution is 2.41. The monoisotopic (exact) mass is 383 g/mol. The Hall–Kier alpha value is -2.32. The first-order valence-electron chi connectivity index (χ1n) is 7.92. The van der Waals surface area contributed by atoms with Gasteiger partial charge < -0.3 is 10.6 Å². The summed E-state index contributed by atoms with van der Waals surface area (Å²) in [5.74, 6) is -0.0259. The van der Waals surface area contributed by atoms with Gasteiger partial charge in [-0.05, 0) is 61.2 Å². The van der Waals surface area contributed by atoms with Gasteiger partial charge in [-0.2, -0.15) is 5.26 Å². The summed E-state index contributed by atoms with van der Waals surface area (Å²) in [6.07, 6.45) is 3.06. The van der Waals surface area contributed by atoms with E-state index in [2.05, 4.69) is 44.8 Å². The first-order chi connectivity index (χ1) is 11.6. The van der Waals surface area contributed by atoms with E-state index in [4.69, 9.17) is 5.26 Å². The van der Waals surface area contributed by atoms with Crippen LogP contribution in [0.25, 0.3) is 0 Å². The van der Waals surface area contributed by atoms with E-state index in [1.165, 1.54) is 0 Å². The Morgan fingerprint density at radius 2 is 1.79 bits per heavy atom. The second-order valence-electron chi connectivity index (χ2n) is 6.03. The number of anilines is 1. The fraction of sp³-hybridized carbons (Fsp3) is 0.263. The summed E-state index contributed by atoms with van der Waals surface area (Å²) in [5, 5.41) is 15.1. The van der Waals surface area contributed by atoms with Gasteiger partial charge in [-0.15, -0.1) is 0 Å². The van der Waals surface area contributed by atoms with E-state index in [9.17, 15) is 4.79 Å². The maximum Gasteiger partial charge on any atom is 0.239 e. The van der Waals surface area contributed by atoms with Crippen LogP contribution in [0.4, 0.5) is 5.69 Å². The predicted molar refractivity (Wildman–Crippen MR) is 97.5 cm³/mol. The van der Waals surface area contributed by atoms with E-state index in [0.717, 1.165) is 35.0 Å². The lowest BCUT2D eigenvalue weighted by molar-refractivity contribution is -0.122. The molecule has 0 atom stereocenters. The molecule has 0 spiro atoms. The van der Waals surface area contributed by atoms with Crippen molar-refractivity contribution in [2.45, 2.75) is 24.8 Å². The van der Waals surface area contributed by atoms with Crippen LogP contribution in [-0.2, 0) is 10.3 Å². The van der Waals surface area contributed by atoms with Gasteiger partial charge in [0.2, 0.25) is 5.91 Å². The topological polar surface area (TPSA) is 64.9 Å². The van der Waals surface area contributed by atoms with Crippen molar-refractivity contribution in [3.63, 3.8) is 0 Å². The average molecular weight is 384 g/mol. The molecule has 24 heavy (non-hydrogen) atoms. The summed E-state index contributed by atoms with van der Waals surface area (Å²) in [7, 11) is 0. The number of halogens is 1. The van der Waals surface area contributed by atoms with Crippen LogP contribution in [0.5, 0.6) is 0 Å². The van der Waals surface area contributed by atoms with Crippen molar-refractivity contribution in [3.8, 4) is 6.07 Å². The number of hydrogen-bond donors (Lipinski definition) is 2. The van der Waals surface area contributed by atoms with Crippen LogP contribution in [0.3, 0.4) is 0 Å². The smallest absolute Gasteiger partial charge is 0.239 e. The molecule has 0 aliphatic heterocycles. The molecule has 1 saturated carbocycles. The van der Waals surface area contributed by atoms with Crippen molar-refractivity contribution in [1.29, 1.82) is 5.26 Å². The van der Waals surface area contributed by atoms with E-state index in [-0.39, 0.29) is 18.0 Å². The number of nitrogens with zero attached hydrogens (tertiary/aromatic N) is 1. The van der Waals surface area contributed by atoms with Gasteiger partial charge in [0, 0.05) is 10.2 Å². The van der Waals surface area contributed by atoms with Crippen LogP contribution >= 0.6 is 15.9 Å². The zero-order valence-corrected chi connectivity index (χ0v) is 14.8. The third-order valence-electron chi connectivity index (χ3n) is 4.45. The zero-order valence-electron chi connectivity index (χ0n) is 13.2. The standard InChI is InChI=1S/C19H18BrN3O/c20-16-6-4-15(5-7-16)19(10-1-11-19)23-18(24)13-22-17-8-2-14(12-21)3-9-17/h2-9,22H,1,10-11,13H2,(H,23,24). The molecule has 0 aromatic heterocycles. The molecule has 1 fully saturated rings. The van der Waals surface area contributed by atoms with E-state index in [1.54, 1.807) is 24.3 Å². The molecule has 1 aliphatic rings. The number of hydrogen-bond acceptors (Lipinski definition) is 3. The molecular formula is C19H18BrN3O. The maximum absolute atomic E-state index is 12.4. The number of nitriles is 1. The van der Waals surface area contributed by atoms with Gasteiger partial charge in [-0.25, -0.2) is 0 Å². The Kier molecular flexibility index (Phi) is 4.86. The summed E-state index contributed by atoms with van der Waals surface area (Å²) in [6.45, 7) is 0.212. The van der Waals surface area contributed by atoms with Gasteiger partial charge >= 0.3 is 0 Å². The largest absolute Gasteiger partial charge is 0.376 e. The fourth-order valence-electron chi connectivity index (χ4n) is 2.94.